The third kappa shape index (κ3) is 3.36. The van der Waals surface area contributed by atoms with Gasteiger partial charge in [0.1, 0.15) is 17.1 Å². The van der Waals surface area contributed by atoms with E-state index in [0.29, 0.717) is 16.9 Å². The van der Waals surface area contributed by atoms with E-state index in [1.807, 2.05) is 35.0 Å². The number of aromatic nitrogens is 2. The van der Waals surface area contributed by atoms with Gasteiger partial charge in [0, 0.05) is 41.2 Å². The van der Waals surface area contributed by atoms with Crippen molar-refractivity contribution < 1.29 is 14.3 Å². The molecule has 1 N–H and O–H groups in total. The van der Waals surface area contributed by atoms with Crippen LogP contribution in [0.2, 0.25) is 0 Å². The van der Waals surface area contributed by atoms with Gasteiger partial charge in [0.2, 0.25) is 0 Å². The van der Waals surface area contributed by atoms with Gasteiger partial charge in [-0.15, -0.1) is 0 Å². The van der Waals surface area contributed by atoms with Crippen LogP contribution >= 0.6 is 11.8 Å². The molecule has 0 bridgehead atoms. The zero-order valence-corrected chi connectivity index (χ0v) is 16.2. The number of imidazole rings is 1. The van der Waals surface area contributed by atoms with Gasteiger partial charge in [-0.1, -0.05) is 17.8 Å². The molecule has 2 aromatic carbocycles. The second-order valence-electron chi connectivity index (χ2n) is 6.25. The molecule has 28 heavy (non-hydrogen) atoms. The van der Waals surface area contributed by atoms with Crippen molar-refractivity contribution in [1.29, 1.82) is 0 Å². The Kier molecular flexibility index (Phi) is 4.83. The van der Waals surface area contributed by atoms with Crippen LogP contribution in [0.3, 0.4) is 0 Å². The van der Waals surface area contributed by atoms with Crippen molar-refractivity contribution in [3.8, 4) is 17.2 Å². The van der Waals surface area contributed by atoms with Crippen molar-refractivity contribution >= 4 is 22.7 Å². The smallest absolute Gasteiger partial charge is 0.336 e. The molecular weight excluding hydrogens is 376 g/mol. The van der Waals surface area contributed by atoms with Crippen LogP contribution in [0.25, 0.3) is 16.7 Å². The third-order valence-electron chi connectivity index (χ3n) is 4.51. The molecule has 0 aliphatic rings. The first-order valence-corrected chi connectivity index (χ1v) is 9.61. The lowest BCUT2D eigenvalue weighted by molar-refractivity contribution is 0.414. The quantitative estimate of drug-likeness (QED) is 0.402. The molecule has 4 rings (SSSR count). The number of thioether (sulfide) groups is 1. The van der Waals surface area contributed by atoms with Crippen LogP contribution in [-0.4, -0.2) is 21.8 Å². The average Bonchev–Trinajstić information content (AvgIpc) is 3.18. The Morgan fingerprint density at radius 1 is 1.25 bits per heavy atom. The molecule has 0 saturated carbocycles. The molecular formula is C21H18N2O4S. The number of nitrogens with zero attached hydrogens (tertiary/aromatic N) is 2. The highest BCUT2D eigenvalue weighted by atomic mass is 32.2. The Hall–Kier alpha value is -3.19. The van der Waals surface area contributed by atoms with E-state index in [2.05, 4.69) is 4.98 Å². The highest BCUT2D eigenvalue weighted by molar-refractivity contribution is 7.98. The second-order valence-corrected chi connectivity index (χ2v) is 7.19. The molecule has 6 nitrogen and oxygen atoms in total. The number of hydrogen-bond donors (Lipinski definition) is 1. The standard InChI is InChI=1S/C21H18N2O4S/c1-13-18(24)7-6-17-14(10-19(25)27-20(13)17)12-28-21-22-8-9-23(21)15-4-3-5-16(11-15)26-2/h3-11,24H,12H2,1-2H3. The van der Waals surface area contributed by atoms with Gasteiger partial charge in [-0.3, -0.25) is 4.57 Å². The Morgan fingerprint density at radius 2 is 2.11 bits per heavy atom. The molecule has 2 aromatic heterocycles. The summed E-state index contributed by atoms with van der Waals surface area (Å²) in [6, 6.07) is 12.6. The van der Waals surface area contributed by atoms with E-state index < -0.39 is 5.63 Å². The average molecular weight is 394 g/mol. The molecule has 0 unspecified atom stereocenters. The number of hydrogen-bond acceptors (Lipinski definition) is 6. The minimum atomic E-state index is -0.437. The maximum absolute atomic E-state index is 12.0. The zero-order chi connectivity index (χ0) is 19.7. The molecule has 0 amide bonds. The van der Waals surface area contributed by atoms with Crippen LogP contribution in [0.1, 0.15) is 11.1 Å². The number of rotatable bonds is 5. The fourth-order valence-electron chi connectivity index (χ4n) is 3.03. The van der Waals surface area contributed by atoms with Crippen LogP contribution in [0.5, 0.6) is 11.5 Å². The Bertz CT molecular complexity index is 1210. The highest BCUT2D eigenvalue weighted by Gasteiger charge is 2.13. The van der Waals surface area contributed by atoms with E-state index in [-0.39, 0.29) is 5.75 Å². The summed E-state index contributed by atoms with van der Waals surface area (Å²) < 4.78 is 12.6. The molecule has 2 heterocycles. The monoisotopic (exact) mass is 394 g/mol. The summed E-state index contributed by atoms with van der Waals surface area (Å²) in [4.78, 5) is 16.4. The van der Waals surface area contributed by atoms with Crippen LogP contribution in [0, 0.1) is 6.92 Å². The fraction of sp³-hybridized carbons (Fsp3) is 0.143. The van der Waals surface area contributed by atoms with Gasteiger partial charge in [-0.25, -0.2) is 9.78 Å². The summed E-state index contributed by atoms with van der Waals surface area (Å²) in [6.45, 7) is 1.73. The molecule has 0 radical (unpaired) electrons. The van der Waals surface area contributed by atoms with Crippen molar-refractivity contribution in [3.63, 3.8) is 0 Å². The van der Waals surface area contributed by atoms with E-state index in [9.17, 15) is 9.90 Å². The molecule has 0 aliphatic heterocycles. The van der Waals surface area contributed by atoms with Crippen molar-refractivity contribution in [3.05, 3.63) is 76.4 Å². The molecule has 0 aliphatic carbocycles. The van der Waals surface area contributed by atoms with Gasteiger partial charge in [-0.2, -0.15) is 0 Å². The van der Waals surface area contributed by atoms with Gasteiger partial charge in [0.15, 0.2) is 5.16 Å². The van der Waals surface area contributed by atoms with Crippen LogP contribution in [0.4, 0.5) is 0 Å². The first-order valence-electron chi connectivity index (χ1n) is 8.62. The van der Waals surface area contributed by atoms with Crippen molar-refractivity contribution in [2.24, 2.45) is 0 Å². The molecule has 0 fully saturated rings. The van der Waals surface area contributed by atoms with Crippen molar-refractivity contribution in [2.75, 3.05) is 7.11 Å². The summed E-state index contributed by atoms with van der Waals surface area (Å²) in [7, 11) is 1.63. The largest absolute Gasteiger partial charge is 0.508 e. The van der Waals surface area contributed by atoms with E-state index >= 15 is 0 Å². The van der Waals surface area contributed by atoms with E-state index in [4.69, 9.17) is 9.15 Å². The predicted molar refractivity (Wildman–Crippen MR) is 109 cm³/mol. The van der Waals surface area contributed by atoms with Gasteiger partial charge in [-0.05, 0) is 36.8 Å². The number of phenols is 1. The third-order valence-corrected chi connectivity index (χ3v) is 5.53. The zero-order valence-electron chi connectivity index (χ0n) is 15.4. The lowest BCUT2D eigenvalue weighted by Crippen LogP contribution is -2.02. The maximum Gasteiger partial charge on any atom is 0.336 e. The predicted octanol–water partition coefficient (Wildman–Crippen LogP) is 4.29. The van der Waals surface area contributed by atoms with E-state index in [0.717, 1.165) is 27.5 Å². The summed E-state index contributed by atoms with van der Waals surface area (Å²) >= 11 is 1.52. The number of phenolic OH excluding ortho intramolecular Hbond substituents is 1. The normalized spacial score (nSPS) is 11.1. The van der Waals surface area contributed by atoms with Crippen LogP contribution < -0.4 is 10.4 Å². The first kappa shape index (κ1) is 18.2. The van der Waals surface area contributed by atoms with Gasteiger partial charge >= 0.3 is 5.63 Å². The van der Waals surface area contributed by atoms with Gasteiger partial charge < -0.3 is 14.3 Å². The second kappa shape index (κ2) is 7.44. The number of benzene rings is 2. The number of aromatic hydroxyl groups is 1. The van der Waals surface area contributed by atoms with E-state index in [1.54, 1.807) is 32.4 Å². The van der Waals surface area contributed by atoms with E-state index in [1.165, 1.54) is 17.8 Å². The lowest BCUT2D eigenvalue weighted by Gasteiger charge is -2.10. The number of methoxy groups -OCH3 is 1. The van der Waals surface area contributed by atoms with Gasteiger partial charge in [0.05, 0.1) is 12.8 Å². The lowest BCUT2D eigenvalue weighted by atomic mass is 10.1. The number of ether oxygens (including phenoxy) is 1. The Balaban J connectivity index is 1.67. The summed E-state index contributed by atoms with van der Waals surface area (Å²) in [5.41, 5.74) is 2.31. The van der Waals surface area contributed by atoms with Crippen molar-refractivity contribution in [2.45, 2.75) is 17.8 Å². The summed E-state index contributed by atoms with van der Waals surface area (Å²) in [6.07, 6.45) is 3.62. The van der Waals surface area contributed by atoms with Crippen LogP contribution in [-0.2, 0) is 5.75 Å². The number of aryl methyl sites for hydroxylation is 1. The molecule has 7 heteroatoms. The van der Waals surface area contributed by atoms with Crippen LogP contribution in [0.15, 0.2) is 69.2 Å². The summed E-state index contributed by atoms with van der Waals surface area (Å²) in [5.74, 6) is 1.41. The fourth-order valence-corrected chi connectivity index (χ4v) is 4.00. The Morgan fingerprint density at radius 3 is 2.93 bits per heavy atom. The topological polar surface area (TPSA) is 77.5 Å². The molecule has 4 aromatic rings. The summed E-state index contributed by atoms with van der Waals surface area (Å²) in [5, 5.41) is 11.5. The minimum absolute atomic E-state index is 0.106. The SMILES string of the molecule is COc1cccc(-n2ccnc2SCc2cc(=O)oc3c(C)c(O)ccc23)c1. The molecule has 0 spiro atoms. The van der Waals surface area contributed by atoms with Crippen molar-refractivity contribution in [1.82, 2.24) is 9.55 Å². The molecule has 0 atom stereocenters. The first-order chi connectivity index (χ1) is 13.6. The van der Waals surface area contributed by atoms with Gasteiger partial charge in [0.25, 0.3) is 0 Å². The Labute approximate surface area is 165 Å². The molecule has 142 valence electrons. The number of fused-ring (bicyclic) bond motifs is 1. The highest BCUT2D eigenvalue weighted by Crippen LogP contribution is 2.31. The maximum atomic E-state index is 12.0. The molecule has 0 saturated heterocycles. The minimum Gasteiger partial charge on any atom is -0.508 e.